The van der Waals surface area contributed by atoms with Crippen LogP contribution in [-0.4, -0.2) is 38.1 Å². The Labute approximate surface area is 137 Å². The van der Waals surface area contributed by atoms with Crippen LogP contribution in [0.15, 0.2) is 18.2 Å². The number of amides is 2. The molecule has 0 aliphatic carbocycles. The third-order valence-corrected chi connectivity index (χ3v) is 4.28. The summed E-state index contributed by atoms with van der Waals surface area (Å²) >= 11 is 1.49. The second-order valence-electron chi connectivity index (χ2n) is 5.38. The Morgan fingerprint density at radius 2 is 2.17 bits per heavy atom. The lowest BCUT2D eigenvalue weighted by molar-refractivity contribution is 0.206. The number of hydrogen-bond donors (Lipinski definition) is 2. The summed E-state index contributed by atoms with van der Waals surface area (Å²) in [5, 5.41) is 12.5. The quantitative estimate of drug-likeness (QED) is 0.769. The molecule has 0 spiro atoms. The molecule has 0 saturated carbocycles. The summed E-state index contributed by atoms with van der Waals surface area (Å²) in [7, 11) is 1.73. The van der Waals surface area contributed by atoms with Crippen molar-refractivity contribution in [3.8, 4) is 0 Å². The maximum absolute atomic E-state index is 12.1. The highest BCUT2D eigenvalue weighted by molar-refractivity contribution is 7.11. The Kier molecular flexibility index (Phi) is 4.24. The van der Waals surface area contributed by atoms with Gasteiger partial charge in [0.05, 0.1) is 24.1 Å². The van der Waals surface area contributed by atoms with Crippen molar-refractivity contribution in [3.05, 3.63) is 39.6 Å². The first-order chi connectivity index (χ1) is 11.0. The Morgan fingerprint density at radius 3 is 2.87 bits per heavy atom. The molecular weight excluding hydrogens is 312 g/mol. The third-order valence-electron chi connectivity index (χ3n) is 3.46. The first-order valence-electron chi connectivity index (χ1n) is 7.25. The van der Waals surface area contributed by atoms with Gasteiger partial charge >= 0.3 is 6.03 Å². The van der Waals surface area contributed by atoms with Crippen LogP contribution in [0.2, 0.25) is 0 Å². The van der Waals surface area contributed by atoms with E-state index in [4.69, 9.17) is 0 Å². The fraction of sp³-hybridized carbons (Fsp3) is 0.333. The fourth-order valence-corrected chi connectivity index (χ4v) is 3.04. The lowest BCUT2D eigenvalue weighted by Gasteiger charge is -2.15. The zero-order valence-corrected chi connectivity index (χ0v) is 14.1. The highest BCUT2D eigenvalue weighted by Gasteiger charge is 2.12. The van der Waals surface area contributed by atoms with Crippen LogP contribution in [0.1, 0.15) is 21.4 Å². The van der Waals surface area contributed by atoms with Crippen molar-refractivity contribution in [2.24, 2.45) is 0 Å². The summed E-state index contributed by atoms with van der Waals surface area (Å²) in [6, 6.07) is 5.80. The minimum atomic E-state index is -0.171. The van der Waals surface area contributed by atoms with Gasteiger partial charge in [-0.05, 0) is 25.5 Å². The van der Waals surface area contributed by atoms with E-state index in [0.29, 0.717) is 13.1 Å². The average molecular weight is 330 g/mol. The molecule has 0 unspecified atom stereocenters. The maximum atomic E-state index is 12.1. The van der Waals surface area contributed by atoms with Gasteiger partial charge in [0.15, 0.2) is 0 Å². The van der Waals surface area contributed by atoms with Crippen molar-refractivity contribution in [2.45, 2.75) is 26.9 Å². The van der Waals surface area contributed by atoms with Crippen molar-refractivity contribution in [2.75, 3.05) is 7.05 Å². The number of H-pyrrole nitrogens is 1. The summed E-state index contributed by atoms with van der Waals surface area (Å²) in [6.45, 7) is 4.71. The summed E-state index contributed by atoms with van der Waals surface area (Å²) in [5.41, 5.74) is 3.03. The molecule has 0 atom stereocenters. The predicted octanol–water partition coefficient (Wildman–Crippen LogP) is 2.37. The molecule has 0 radical (unpaired) electrons. The lowest BCUT2D eigenvalue weighted by atomic mass is 10.2. The van der Waals surface area contributed by atoms with E-state index in [1.54, 1.807) is 11.9 Å². The highest BCUT2D eigenvalue weighted by Crippen LogP contribution is 2.15. The zero-order valence-electron chi connectivity index (χ0n) is 13.3. The number of aryl methyl sites for hydroxylation is 2. The number of urea groups is 1. The number of carbonyl (C=O) groups excluding carboxylic acids is 1. The van der Waals surface area contributed by atoms with Gasteiger partial charge < -0.3 is 15.2 Å². The molecule has 2 aromatic heterocycles. The minimum absolute atomic E-state index is 0.171. The van der Waals surface area contributed by atoms with E-state index in [0.717, 1.165) is 32.4 Å². The van der Waals surface area contributed by atoms with E-state index < -0.39 is 0 Å². The molecule has 8 heteroatoms. The van der Waals surface area contributed by atoms with Crippen molar-refractivity contribution >= 4 is 28.4 Å². The number of aromatic nitrogens is 4. The van der Waals surface area contributed by atoms with E-state index in [1.807, 2.05) is 32.0 Å². The molecular formula is C15H18N6OS. The van der Waals surface area contributed by atoms with Crippen molar-refractivity contribution in [3.63, 3.8) is 0 Å². The lowest BCUT2D eigenvalue weighted by Crippen LogP contribution is -2.36. The number of aromatic amines is 1. The standard InChI is InChI=1S/C15H18N6OS/c1-9-5-4-6-11-14(9)18-12(17-11)7-16-15(22)21(3)8-13-20-19-10(2)23-13/h4-6H,7-8H2,1-3H3,(H,16,22)(H,17,18). The molecule has 0 saturated heterocycles. The van der Waals surface area contributed by atoms with E-state index in [-0.39, 0.29) is 6.03 Å². The molecule has 2 heterocycles. The molecule has 7 nitrogen and oxygen atoms in total. The normalized spacial score (nSPS) is 10.9. The topological polar surface area (TPSA) is 86.8 Å². The van der Waals surface area contributed by atoms with Gasteiger partial charge in [-0.3, -0.25) is 0 Å². The molecule has 23 heavy (non-hydrogen) atoms. The monoisotopic (exact) mass is 330 g/mol. The number of benzene rings is 1. The molecule has 3 aromatic rings. The first-order valence-corrected chi connectivity index (χ1v) is 8.07. The van der Waals surface area contributed by atoms with Gasteiger partial charge in [-0.1, -0.05) is 23.5 Å². The van der Waals surface area contributed by atoms with Crippen LogP contribution in [0, 0.1) is 13.8 Å². The predicted molar refractivity (Wildman–Crippen MR) is 89.2 cm³/mol. The van der Waals surface area contributed by atoms with Crippen LogP contribution in [0.3, 0.4) is 0 Å². The molecule has 2 N–H and O–H groups in total. The number of hydrogen-bond acceptors (Lipinski definition) is 5. The van der Waals surface area contributed by atoms with Crippen LogP contribution >= 0.6 is 11.3 Å². The van der Waals surface area contributed by atoms with Crippen LogP contribution in [0.25, 0.3) is 11.0 Å². The first kappa shape index (κ1) is 15.4. The number of para-hydroxylation sites is 1. The zero-order chi connectivity index (χ0) is 16.4. The Morgan fingerprint density at radius 1 is 1.35 bits per heavy atom. The van der Waals surface area contributed by atoms with Gasteiger partial charge in [-0.15, -0.1) is 10.2 Å². The summed E-state index contributed by atoms with van der Waals surface area (Å²) in [4.78, 5) is 21.5. The molecule has 0 bridgehead atoms. The summed E-state index contributed by atoms with van der Waals surface area (Å²) < 4.78 is 0. The van der Waals surface area contributed by atoms with E-state index in [9.17, 15) is 4.79 Å². The Balaban J connectivity index is 1.60. The smallest absolute Gasteiger partial charge is 0.317 e. The largest absolute Gasteiger partial charge is 0.340 e. The number of nitrogens with zero attached hydrogens (tertiary/aromatic N) is 4. The van der Waals surface area contributed by atoms with E-state index >= 15 is 0 Å². The molecule has 2 amide bonds. The fourth-order valence-electron chi connectivity index (χ4n) is 2.28. The molecule has 0 aliphatic rings. The summed E-state index contributed by atoms with van der Waals surface area (Å²) in [6.07, 6.45) is 0. The van der Waals surface area contributed by atoms with E-state index in [1.165, 1.54) is 11.3 Å². The van der Waals surface area contributed by atoms with Gasteiger partial charge in [0.25, 0.3) is 0 Å². The van der Waals surface area contributed by atoms with Crippen molar-refractivity contribution in [1.29, 1.82) is 0 Å². The van der Waals surface area contributed by atoms with Crippen LogP contribution in [0.4, 0.5) is 4.79 Å². The van der Waals surface area contributed by atoms with Crippen molar-refractivity contribution in [1.82, 2.24) is 30.4 Å². The van der Waals surface area contributed by atoms with Crippen LogP contribution in [0.5, 0.6) is 0 Å². The number of fused-ring (bicyclic) bond motifs is 1. The second kappa shape index (κ2) is 6.33. The SMILES string of the molecule is Cc1nnc(CN(C)C(=O)NCc2nc3c(C)cccc3[nH]2)s1. The Hall–Kier alpha value is -2.48. The number of rotatable bonds is 4. The molecule has 3 rings (SSSR count). The van der Waals surface area contributed by atoms with Gasteiger partial charge in [0, 0.05) is 7.05 Å². The van der Waals surface area contributed by atoms with Gasteiger partial charge in [-0.2, -0.15) is 0 Å². The second-order valence-corrected chi connectivity index (χ2v) is 6.65. The Bertz CT molecular complexity index is 839. The minimum Gasteiger partial charge on any atom is -0.340 e. The number of carbonyl (C=O) groups is 1. The molecule has 1 aromatic carbocycles. The average Bonchev–Trinajstić information content (AvgIpc) is 3.11. The molecule has 0 aliphatic heterocycles. The van der Waals surface area contributed by atoms with Gasteiger partial charge in [0.1, 0.15) is 15.8 Å². The number of imidazole rings is 1. The van der Waals surface area contributed by atoms with E-state index in [2.05, 4.69) is 25.5 Å². The van der Waals surface area contributed by atoms with Crippen molar-refractivity contribution < 1.29 is 4.79 Å². The van der Waals surface area contributed by atoms with Crippen LogP contribution in [-0.2, 0) is 13.1 Å². The highest BCUT2D eigenvalue weighted by atomic mass is 32.1. The molecule has 0 fully saturated rings. The van der Waals surface area contributed by atoms with Crippen LogP contribution < -0.4 is 5.32 Å². The van der Waals surface area contributed by atoms with Gasteiger partial charge in [-0.25, -0.2) is 9.78 Å². The maximum Gasteiger partial charge on any atom is 0.317 e. The molecule has 120 valence electrons. The van der Waals surface area contributed by atoms with Gasteiger partial charge in [0.2, 0.25) is 0 Å². The summed E-state index contributed by atoms with van der Waals surface area (Å²) in [5.74, 6) is 0.739. The third kappa shape index (κ3) is 3.48. The number of nitrogens with one attached hydrogen (secondary N) is 2.